The molecular formula is C22H35N3OS. The van der Waals surface area contributed by atoms with Crippen LogP contribution in [0.5, 0.6) is 0 Å². The number of nitrogens with one attached hydrogen (secondary N) is 2. The molecule has 1 aliphatic heterocycles. The molecule has 4 nitrogen and oxygen atoms in total. The Balaban J connectivity index is 1.24. The van der Waals surface area contributed by atoms with Crippen LogP contribution in [0, 0.1) is 11.8 Å². The largest absolute Gasteiger partial charge is 0.362 e. The van der Waals surface area contributed by atoms with Gasteiger partial charge in [0.05, 0.1) is 0 Å². The second-order valence-electron chi connectivity index (χ2n) is 9.21. The molecule has 4 aliphatic rings. The Hall–Kier alpha value is -1.10. The van der Waals surface area contributed by atoms with Gasteiger partial charge in [-0.2, -0.15) is 0 Å². The first kappa shape index (κ1) is 19.2. The lowest BCUT2D eigenvalue weighted by molar-refractivity contribution is -0.130. The highest BCUT2D eigenvalue weighted by Crippen LogP contribution is 2.42. The monoisotopic (exact) mass is 389 g/mol. The number of rotatable bonds is 4. The molecule has 27 heavy (non-hydrogen) atoms. The fourth-order valence-corrected chi connectivity index (χ4v) is 6.33. The van der Waals surface area contributed by atoms with E-state index in [4.69, 9.17) is 12.2 Å². The van der Waals surface area contributed by atoms with Crippen LogP contribution in [0.2, 0.25) is 0 Å². The van der Waals surface area contributed by atoms with Crippen molar-refractivity contribution in [1.82, 2.24) is 15.5 Å². The number of carbonyl (C=O) groups is 1. The molecule has 4 rings (SSSR count). The zero-order chi connectivity index (χ0) is 18.7. The number of allylic oxidation sites excluding steroid dienone is 2. The molecule has 2 saturated carbocycles. The number of hydrogen-bond donors (Lipinski definition) is 2. The maximum Gasteiger partial charge on any atom is 0.228 e. The summed E-state index contributed by atoms with van der Waals surface area (Å²) >= 11 is 5.58. The Kier molecular flexibility index (Phi) is 6.05. The molecule has 0 aromatic carbocycles. The molecule has 0 aromatic heterocycles. The molecule has 3 aliphatic carbocycles. The van der Waals surface area contributed by atoms with Crippen molar-refractivity contribution in [1.29, 1.82) is 0 Å². The first-order chi connectivity index (χ1) is 13.2. The van der Waals surface area contributed by atoms with Crippen molar-refractivity contribution in [3.05, 3.63) is 11.8 Å². The van der Waals surface area contributed by atoms with E-state index in [0.29, 0.717) is 18.9 Å². The Bertz CT molecular complexity index is 592. The molecule has 1 heterocycles. The fourth-order valence-electron chi connectivity index (χ4n) is 6.01. The van der Waals surface area contributed by atoms with Crippen LogP contribution in [-0.2, 0) is 4.79 Å². The quantitative estimate of drug-likeness (QED) is 0.705. The van der Waals surface area contributed by atoms with Gasteiger partial charge in [0.25, 0.3) is 0 Å². The van der Waals surface area contributed by atoms with E-state index < -0.39 is 0 Å². The molecule has 1 atom stereocenters. The summed E-state index contributed by atoms with van der Waals surface area (Å²) in [6.45, 7) is 1.53. The van der Waals surface area contributed by atoms with Crippen LogP contribution in [0.3, 0.4) is 0 Å². The SMILES string of the molecule is O=C(CCNC(=S)NC12CCCC(CCC1)C2)N1CCCC2CCCC=C21. The third kappa shape index (κ3) is 4.49. The highest BCUT2D eigenvalue weighted by Gasteiger charge is 2.39. The summed E-state index contributed by atoms with van der Waals surface area (Å²) < 4.78 is 0. The molecule has 3 fully saturated rings. The summed E-state index contributed by atoms with van der Waals surface area (Å²) in [6.07, 6.45) is 18.1. The van der Waals surface area contributed by atoms with Crippen molar-refractivity contribution in [2.75, 3.05) is 13.1 Å². The maximum atomic E-state index is 12.8. The predicted molar refractivity (Wildman–Crippen MR) is 113 cm³/mol. The number of nitrogens with zero attached hydrogens (tertiary/aromatic N) is 1. The van der Waals surface area contributed by atoms with Crippen LogP contribution in [0.4, 0.5) is 0 Å². The second kappa shape index (κ2) is 8.50. The highest BCUT2D eigenvalue weighted by molar-refractivity contribution is 7.80. The molecule has 2 N–H and O–H groups in total. The minimum Gasteiger partial charge on any atom is -0.362 e. The van der Waals surface area contributed by atoms with Gasteiger partial charge in [0.15, 0.2) is 5.11 Å². The second-order valence-corrected chi connectivity index (χ2v) is 9.62. The number of fused-ring (bicyclic) bond motifs is 3. The molecule has 1 amide bonds. The van der Waals surface area contributed by atoms with E-state index in [-0.39, 0.29) is 11.4 Å². The van der Waals surface area contributed by atoms with Gasteiger partial charge in [-0.1, -0.05) is 31.8 Å². The Morgan fingerprint density at radius 1 is 1.15 bits per heavy atom. The first-order valence-electron chi connectivity index (χ1n) is 11.2. The van der Waals surface area contributed by atoms with Gasteiger partial charge in [-0.15, -0.1) is 0 Å². The van der Waals surface area contributed by atoms with Gasteiger partial charge in [-0.3, -0.25) is 4.79 Å². The Morgan fingerprint density at radius 2 is 1.93 bits per heavy atom. The number of likely N-dealkylation sites (tertiary alicyclic amines) is 1. The summed E-state index contributed by atoms with van der Waals surface area (Å²) in [5.41, 5.74) is 1.54. The normalized spacial score (nSPS) is 32.9. The van der Waals surface area contributed by atoms with E-state index in [0.717, 1.165) is 30.4 Å². The smallest absolute Gasteiger partial charge is 0.228 e. The first-order valence-corrected chi connectivity index (χ1v) is 11.6. The van der Waals surface area contributed by atoms with E-state index in [1.165, 1.54) is 69.9 Å². The zero-order valence-corrected chi connectivity index (χ0v) is 17.4. The minimum atomic E-state index is 0.224. The van der Waals surface area contributed by atoms with Crippen molar-refractivity contribution < 1.29 is 4.79 Å². The molecule has 0 spiro atoms. The van der Waals surface area contributed by atoms with Gasteiger partial charge in [-0.25, -0.2) is 0 Å². The molecule has 5 heteroatoms. The molecule has 1 unspecified atom stereocenters. The summed E-state index contributed by atoms with van der Waals surface area (Å²) in [5.74, 6) is 1.77. The van der Waals surface area contributed by atoms with E-state index in [9.17, 15) is 4.79 Å². The Morgan fingerprint density at radius 3 is 2.74 bits per heavy atom. The third-order valence-corrected chi connectivity index (χ3v) is 7.54. The third-order valence-electron chi connectivity index (χ3n) is 7.29. The number of piperidine rings is 1. The van der Waals surface area contributed by atoms with Gasteiger partial charge >= 0.3 is 0 Å². The van der Waals surface area contributed by atoms with Crippen LogP contribution in [0.15, 0.2) is 11.8 Å². The van der Waals surface area contributed by atoms with E-state index >= 15 is 0 Å². The van der Waals surface area contributed by atoms with Gasteiger partial charge in [0, 0.05) is 30.7 Å². The van der Waals surface area contributed by atoms with E-state index in [2.05, 4.69) is 21.6 Å². The van der Waals surface area contributed by atoms with Crippen LogP contribution in [-0.4, -0.2) is 34.5 Å². The summed E-state index contributed by atoms with van der Waals surface area (Å²) in [6, 6.07) is 0. The van der Waals surface area contributed by atoms with Crippen molar-refractivity contribution in [2.24, 2.45) is 11.8 Å². The Labute approximate surface area is 169 Å². The van der Waals surface area contributed by atoms with Crippen molar-refractivity contribution in [3.8, 4) is 0 Å². The lowest BCUT2D eigenvalue weighted by Crippen LogP contribution is -2.56. The van der Waals surface area contributed by atoms with Gasteiger partial charge in [0.2, 0.25) is 5.91 Å². The highest BCUT2D eigenvalue weighted by atomic mass is 32.1. The van der Waals surface area contributed by atoms with Crippen molar-refractivity contribution in [2.45, 2.75) is 89.0 Å². The summed E-state index contributed by atoms with van der Waals surface area (Å²) in [7, 11) is 0. The summed E-state index contributed by atoms with van der Waals surface area (Å²) in [5, 5.41) is 7.72. The molecule has 0 radical (unpaired) electrons. The predicted octanol–water partition coefficient (Wildman–Crippen LogP) is 4.26. The lowest BCUT2D eigenvalue weighted by Gasteiger charge is -2.46. The maximum absolute atomic E-state index is 12.8. The average molecular weight is 390 g/mol. The standard InChI is InChI=1S/C22H35N3OS/c26-20(25-15-5-9-18-8-1-2-10-19(18)25)11-14-23-21(27)24-22-12-3-6-17(16-22)7-4-13-22/h10,17-18H,1-9,11-16H2,(H2,23,24,27). The lowest BCUT2D eigenvalue weighted by atomic mass is 9.67. The molecule has 0 aromatic rings. The number of amides is 1. The number of carbonyl (C=O) groups excluding carboxylic acids is 1. The zero-order valence-electron chi connectivity index (χ0n) is 16.6. The topological polar surface area (TPSA) is 44.4 Å². The van der Waals surface area contributed by atoms with Crippen molar-refractivity contribution >= 4 is 23.2 Å². The van der Waals surface area contributed by atoms with Gasteiger partial charge < -0.3 is 15.5 Å². The molecule has 1 saturated heterocycles. The van der Waals surface area contributed by atoms with Crippen molar-refractivity contribution in [3.63, 3.8) is 0 Å². The molecule has 2 bridgehead atoms. The van der Waals surface area contributed by atoms with Gasteiger partial charge in [-0.05, 0) is 75.4 Å². The fraction of sp³-hybridized carbons (Fsp3) is 0.818. The molecule has 150 valence electrons. The molecular weight excluding hydrogens is 354 g/mol. The van der Waals surface area contributed by atoms with Crippen LogP contribution in [0.25, 0.3) is 0 Å². The minimum absolute atomic E-state index is 0.224. The van der Waals surface area contributed by atoms with Gasteiger partial charge in [0.1, 0.15) is 0 Å². The number of thiocarbonyl (C=S) groups is 1. The van der Waals surface area contributed by atoms with E-state index in [1.54, 1.807) is 0 Å². The summed E-state index contributed by atoms with van der Waals surface area (Å²) in [4.78, 5) is 14.8. The van der Waals surface area contributed by atoms with E-state index in [1.807, 2.05) is 0 Å². The average Bonchev–Trinajstić information content (AvgIpc) is 2.67. The number of hydrogen-bond acceptors (Lipinski definition) is 2. The van der Waals surface area contributed by atoms with Crippen LogP contribution < -0.4 is 10.6 Å². The van der Waals surface area contributed by atoms with Crippen LogP contribution in [0.1, 0.15) is 83.5 Å². The van der Waals surface area contributed by atoms with Crippen LogP contribution >= 0.6 is 12.2 Å².